The van der Waals surface area contributed by atoms with Gasteiger partial charge in [-0.2, -0.15) is 0 Å². The van der Waals surface area contributed by atoms with Crippen LogP contribution in [0.3, 0.4) is 0 Å². The maximum absolute atomic E-state index is 13.3. The van der Waals surface area contributed by atoms with E-state index >= 15 is 0 Å². The molecule has 0 aromatic heterocycles. The average molecular weight is 456 g/mol. The standard InChI is InChI=1S/C23H41N3O6/c1-6-9-10-14-32-23(31)25-18(15(4)7-2)21(28)26-13-11-12-17(26)20(27)24-19(22(29)30)16(5)8-3/h15-19H,6-14H2,1-5H3,(H,24,27)(H,25,31)(H,29,30)/t15-,16-,17-,18-,19-/m0/s1. The van der Waals surface area contributed by atoms with Gasteiger partial charge in [0.1, 0.15) is 18.1 Å². The van der Waals surface area contributed by atoms with Crippen LogP contribution in [0.5, 0.6) is 0 Å². The summed E-state index contributed by atoms with van der Waals surface area (Å²) in [6.45, 7) is 10.2. The number of likely N-dealkylation sites (tertiary alicyclic amines) is 1. The number of carboxylic acids is 1. The van der Waals surface area contributed by atoms with Crippen LogP contribution in [-0.4, -0.2) is 65.2 Å². The third kappa shape index (κ3) is 7.98. The lowest BCUT2D eigenvalue weighted by atomic mass is 9.97. The van der Waals surface area contributed by atoms with E-state index < -0.39 is 36.1 Å². The molecule has 1 rings (SSSR count). The second-order valence-electron chi connectivity index (χ2n) is 8.75. The van der Waals surface area contributed by atoms with E-state index in [-0.39, 0.29) is 17.7 Å². The third-order valence-corrected chi connectivity index (χ3v) is 6.35. The summed E-state index contributed by atoms with van der Waals surface area (Å²) in [4.78, 5) is 51.6. The van der Waals surface area contributed by atoms with Crippen LogP contribution in [-0.2, 0) is 19.1 Å². The SMILES string of the molecule is CCCCCOC(=O)N[C@H](C(=O)N1CCC[C@H]1C(=O)N[C@H](C(=O)O)[C@@H](C)CC)[C@@H](C)CC. The largest absolute Gasteiger partial charge is 0.480 e. The molecule has 1 aliphatic heterocycles. The minimum absolute atomic E-state index is 0.151. The van der Waals surface area contributed by atoms with E-state index in [0.29, 0.717) is 38.8 Å². The first kappa shape index (κ1) is 27.7. The predicted molar refractivity (Wildman–Crippen MR) is 121 cm³/mol. The molecule has 0 unspecified atom stereocenters. The molecule has 32 heavy (non-hydrogen) atoms. The monoisotopic (exact) mass is 455 g/mol. The Morgan fingerprint density at radius 1 is 1.00 bits per heavy atom. The van der Waals surface area contributed by atoms with Crippen LogP contribution in [0, 0.1) is 11.8 Å². The molecule has 1 aliphatic rings. The predicted octanol–water partition coefficient (Wildman–Crippen LogP) is 2.92. The number of aliphatic carboxylic acids is 1. The Balaban J connectivity index is 2.88. The Kier molecular flexibility index (Phi) is 12.1. The van der Waals surface area contributed by atoms with Crippen LogP contribution in [0.15, 0.2) is 0 Å². The number of hydrogen-bond acceptors (Lipinski definition) is 5. The Bertz CT molecular complexity index is 641. The number of carbonyl (C=O) groups is 4. The number of amides is 3. The number of nitrogens with one attached hydrogen (secondary N) is 2. The van der Waals surface area contributed by atoms with Crippen molar-refractivity contribution in [2.45, 2.75) is 97.7 Å². The molecule has 1 heterocycles. The lowest BCUT2D eigenvalue weighted by molar-refractivity contribution is -0.145. The Morgan fingerprint density at radius 3 is 2.19 bits per heavy atom. The van der Waals surface area contributed by atoms with Gasteiger partial charge in [-0.3, -0.25) is 9.59 Å². The number of hydrogen-bond donors (Lipinski definition) is 3. The molecule has 0 aromatic carbocycles. The molecule has 3 N–H and O–H groups in total. The minimum atomic E-state index is -1.09. The highest BCUT2D eigenvalue weighted by Crippen LogP contribution is 2.22. The first-order valence-corrected chi connectivity index (χ1v) is 11.9. The van der Waals surface area contributed by atoms with E-state index in [0.717, 1.165) is 19.3 Å². The van der Waals surface area contributed by atoms with E-state index in [4.69, 9.17) is 4.74 Å². The van der Waals surface area contributed by atoms with Gasteiger partial charge in [-0.25, -0.2) is 9.59 Å². The van der Waals surface area contributed by atoms with Crippen LogP contribution < -0.4 is 10.6 Å². The third-order valence-electron chi connectivity index (χ3n) is 6.35. The summed E-state index contributed by atoms with van der Waals surface area (Å²) < 4.78 is 5.21. The molecule has 3 amide bonds. The molecule has 0 bridgehead atoms. The molecular formula is C23H41N3O6. The van der Waals surface area contributed by atoms with Gasteiger partial charge in [0.25, 0.3) is 0 Å². The van der Waals surface area contributed by atoms with Crippen LogP contribution in [0.4, 0.5) is 4.79 Å². The quantitative estimate of drug-likeness (QED) is 0.367. The van der Waals surface area contributed by atoms with Gasteiger partial charge in [-0.15, -0.1) is 0 Å². The fourth-order valence-corrected chi connectivity index (χ4v) is 3.78. The number of rotatable bonds is 13. The van der Waals surface area contributed by atoms with E-state index in [1.807, 2.05) is 20.8 Å². The molecule has 0 spiro atoms. The summed E-state index contributed by atoms with van der Waals surface area (Å²) in [6.07, 6.45) is 4.45. The van der Waals surface area contributed by atoms with Crippen molar-refractivity contribution in [3.63, 3.8) is 0 Å². The Morgan fingerprint density at radius 2 is 1.62 bits per heavy atom. The van der Waals surface area contributed by atoms with Crippen molar-refractivity contribution in [1.29, 1.82) is 0 Å². The zero-order chi connectivity index (χ0) is 24.3. The van der Waals surface area contributed by atoms with Crippen LogP contribution in [0.2, 0.25) is 0 Å². The summed E-state index contributed by atoms with van der Waals surface area (Å²) in [5.74, 6) is -2.28. The maximum Gasteiger partial charge on any atom is 0.407 e. The molecule has 0 aromatic rings. The van der Waals surface area contributed by atoms with Gasteiger partial charge < -0.3 is 25.4 Å². The Labute approximate surface area is 191 Å². The molecule has 5 atom stereocenters. The number of alkyl carbamates (subject to hydrolysis) is 1. The van der Waals surface area contributed by atoms with E-state index in [1.54, 1.807) is 6.92 Å². The van der Waals surface area contributed by atoms with Crippen molar-refractivity contribution in [3.05, 3.63) is 0 Å². The van der Waals surface area contributed by atoms with Crippen molar-refractivity contribution < 1.29 is 29.0 Å². The Hall–Kier alpha value is -2.32. The van der Waals surface area contributed by atoms with Gasteiger partial charge in [-0.05, 0) is 31.1 Å². The summed E-state index contributed by atoms with van der Waals surface area (Å²) in [6, 6.07) is -2.56. The topological polar surface area (TPSA) is 125 Å². The summed E-state index contributed by atoms with van der Waals surface area (Å²) in [5.41, 5.74) is 0. The number of nitrogens with zero attached hydrogens (tertiary/aromatic N) is 1. The highest BCUT2D eigenvalue weighted by Gasteiger charge is 2.40. The summed E-state index contributed by atoms with van der Waals surface area (Å²) >= 11 is 0. The molecule has 0 saturated carbocycles. The van der Waals surface area contributed by atoms with Crippen LogP contribution in [0.25, 0.3) is 0 Å². The molecule has 0 aliphatic carbocycles. The molecule has 1 fully saturated rings. The normalized spacial score (nSPS) is 19.5. The van der Waals surface area contributed by atoms with E-state index in [1.165, 1.54) is 4.90 Å². The van der Waals surface area contributed by atoms with Crippen LogP contribution >= 0.6 is 0 Å². The lowest BCUT2D eigenvalue weighted by Gasteiger charge is -2.32. The molecular weight excluding hydrogens is 414 g/mol. The van der Waals surface area contributed by atoms with E-state index in [9.17, 15) is 24.3 Å². The highest BCUT2D eigenvalue weighted by molar-refractivity contribution is 5.93. The first-order chi connectivity index (χ1) is 15.2. The fourth-order valence-electron chi connectivity index (χ4n) is 3.78. The number of carbonyl (C=O) groups excluding carboxylic acids is 3. The van der Waals surface area contributed by atoms with Gasteiger partial charge in [0.2, 0.25) is 11.8 Å². The number of carboxylic acid groups (broad SMARTS) is 1. The molecule has 184 valence electrons. The van der Waals surface area contributed by atoms with Crippen LogP contribution in [0.1, 0.15) is 79.6 Å². The zero-order valence-electron chi connectivity index (χ0n) is 20.2. The van der Waals surface area contributed by atoms with Gasteiger partial charge in [-0.1, -0.05) is 60.3 Å². The van der Waals surface area contributed by atoms with E-state index in [2.05, 4.69) is 17.6 Å². The molecule has 1 saturated heterocycles. The number of unbranched alkanes of at least 4 members (excludes halogenated alkanes) is 2. The summed E-state index contributed by atoms with van der Waals surface area (Å²) in [7, 11) is 0. The van der Waals surface area contributed by atoms with Crippen molar-refractivity contribution in [3.8, 4) is 0 Å². The smallest absolute Gasteiger partial charge is 0.407 e. The van der Waals surface area contributed by atoms with Gasteiger partial charge in [0, 0.05) is 6.54 Å². The second-order valence-corrected chi connectivity index (χ2v) is 8.75. The van der Waals surface area contributed by atoms with Gasteiger partial charge in [0.15, 0.2) is 0 Å². The maximum atomic E-state index is 13.3. The van der Waals surface area contributed by atoms with Crippen molar-refractivity contribution in [1.82, 2.24) is 15.5 Å². The van der Waals surface area contributed by atoms with Crippen molar-refractivity contribution in [2.75, 3.05) is 13.2 Å². The van der Waals surface area contributed by atoms with Crippen molar-refractivity contribution >= 4 is 23.9 Å². The zero-order valence-corrected chi connectivity index (χ0v) is 20.2. The molecule has 9 heteroatoms. The minimum Gasteiger partial charge on any atom is -0.480 e. The molecule has 0 radical (unpaired) electrons. The van der Waals surface area contributed by atoms with Crippen molar-refractivity contribution in [2.24, 2.45) is 11.8 Å². The highest BCUT2D eigenvalue weighted by atomic mass is 16.5. The van der Waals surface area contributed by atoms with Gasteiger partial charge >= 0.3 is 12.1 Å². The summed E-state index contributed by atoms with van der Waals surface area (Å²) in [5, 5.41) is 14.8. The lowest BCUT2D eigenvalue weighted by Crippen LogP contribution is -2.57. The number of ether oxygens (including phenoxy) is 1. The average Bonchev–Trinajstić information content (AvgIpc) is 3.27. The molecule has 9 nitrogen and oxygen atoms in total. The van der Waals surface area contributed by atoms with Gasteiger partial charge in [0.05, 0.1) is 6.61 Å². The fraction of sp³-hybridized carbons (Fsp3) is 0.826. The first-order valence-electron chi connectivity index (χ1n) is 11.9. The second kappa shape index (κ2) is 14.0.